The fourth-order valence-corrected chi connectivity index (χ4v) is 1.99. The van der Waals surface area contributed by atoms with Crippen LogP contribution in [0, 0.1) is 17.5 Å². The van der Waals surface area contributed by atoms with E-state index in [9.17, 15) is 18.0 Å². The minimum absolute atomic E-state index is 0.0431. The predicted molar refractivity (Wildman–Crippen MR) is 68.1 cm³/mol. The first-order valence-electron chi connectivity index (χ1n) is 6.17. The van der Waals surface area contributed by atoms with E-state index in [0.29, 0.717) is 5.82 Å². The number of carbonyl (C=O) groups excluding carboxylic acids is 1. The Morgan fingerprint density at radius 1 is 1.33 bits per heavy atom. The number of nitrogens with zero attached hydrogens (tertiary/aromatic N) is 2. The highest BCUT2D eigenvalue weighted by Gasteiger charge is 2.20. The summed E-state index contributed by atoms with van der Waals surface area (Å²) >= 11 is 0. The van der Waals surface area contributed by atoms with Crippen LogP contribution in [0.3, 0.4) is 0 Å². The number of imidazole rings is 1. The van der Waals surface area contributed by atoms with E-state index in [4.69, 9.17) is 0 Å². The van der Waals surface area contributed by atoms with Crippen LogP contribution in [0.1, 0.15) is 24.4 Å². The van der Waals surface area contributed by atoms with Gasteiger partial charge in [0, 0.05) is 18.8 Å². The van der Waals surface area contributed by atoms with Crippen molar-refractivity contribution in [3.63, 3.8) is 0 Å². The molecule has 1 unspecified atom stereocenters. The number of aromatic nitrogens is 2. The van der Waals surface area contributed by atoms with Gasteiger partial charge in [0.1, 0.15) is 11.9 Å². The second-order valence-corrected chi connectivity index (χ2v) is 4.46. The second kappa shape index (κ2) is 5.99. The van der Waals surface area contributed by atoms with Gasteiger partial charge in [-0.2, -0.15) is 0 Å². The van der Waals surface area contributed by atoms with Crippen LogP contribution in [-0.4, -0.2) is 22.6 Å². The molecule has 4 nitrogen and oxygen atoms in total. The number of methoxy groups -OCH3 is 1. The molecule has 1 aromatic carbocycles. The molecule has 0 saturated carbocycles. The Balaban J connectivity index is 2.32. The molecule has 21 heavy (non-hydrogen) atoms. The lowest BCUT2D eigenvalue weighted by atomic mass is 10.1. The molecule has 0 bridgehead atoms. The summed E-state index contributed by atoms with van der Waals surface area (Å²) in [5.41, 5.74) is -0.0431. The highest BCUT2D eigenvalue weighted by Crippen LogP contribution is 2.19. The molecule has 2 aromatic rings. The van der Waals surface area contributed by atoms with Crippen molar-refractivity contribution in [2.45, 2.75) is 19.4 Å². The van der Waals surface area contributed by atoms with Crippen molar-refractivity contribution >= 4 is 5.97 Å². The lowest BCUT2D eigenvalue weighted by Gasteiger charge is -2.14. The molecule has 0 radical (unpaired) electrons. The van der Waals surface area contributed by atoms with Crippen LogP contribution in [0.4, 0.5) is 13.2 Å². The van der Waals surface area contributed by atoms with Gasteiger partial charge in [-0.15, -0.1) is 0 Å². The van der Waals surface area contributed by atoms with Crippen LogP contribution >= 0.6 is 0 Å². The molecule has 0 aliphatic heterocycles. The predicted octanol–water partition coefficient (Wildman–Crippen LogP) is 2.63. The maximum absolute atomic E-state index is 13.7. The summed E-state index contributed by atoms with van der Waals surface area (Å²) in [5, 5.41) is 0. The fourth-order valence-electron chi connectivity index (χ4n) is 1.99. The third-order valence-corrected chi connectivity index (χ3v) is 3.17. The highest BCUT2D eigenvalue weighted by molar-refractivity contribution is 5.73. The Labute approximate surface area is 119 Å². The monoisotopic (exact) mass is 298 g/mol. The molecule has 0 spiro atoms. The maximum Gasteiger partial charge on any atom is 0.328 e. The smallest absolute Gasteiger partial charge is 0.328 e. The van der Waals surface area contributed by atoms with E-state index >= 15 is 0 Å². The maximum atomic E-state index is 13.7. The minimum atomic E-state index is -1.52. The summed E-state index contributed by atoms with van der Waals surface area (Å²) in [5.74, 6) is -4.16. The first-order valence-corrected chi connectivity index (χ1v) is 6.17. The van der Waals surface area contributed by atoms with Gasteiger partial charge in [0.2, 0.25) is 0 Å². The molecule has 0 aliphatic carbocycles. The summed E-state index contributed by atoms with van der Waals surface area (Å²) in [6.07, 6.45) is 2.90. The Hall–Kier alpha value is -2.31. The van der Waals surface area contributed by atoms with Gasteiger partial charge in [-0.25, -0.2) is 22.9 Å². The first-order chi connectivity index (χ1) is 9.95. The Bertz CT molecular complexity index is 670. The van der Waals surface area contributed by atoms with Crippen molar-refractivity contribution in [3.8, 4) is 0 Å². The zero-order chi connectivity index (χ0) is 15.6. The van der Waals surface area contributed by atoms with Gasteiger partial charge in [0.15, 0.2) is 17.5 Å². The number of esters is 1. The van der Waals surface area contributed by atoms with Crippen LogP contribution < -0.4 is 0 Å². The molecule has 0 aliphatic rings. The van der Waals surface area contributed by atoms with E-state index in [1.807, 2.05) is 0 Å². The Kier molecular flexibility index (Phi) is 4.30. The standard InChI is InChI=1S/C14H13F3N2O2/c1-8(14(20)21-2)19-6-5-18-11(19)7-9-3-4-10(15)13(17)12(9)16/h3-6,8H,7H2,1-2H3. The SMILES string of the molecule is COC(=O)C(C)n1ccnc1Cc1ccc(F)c(F)c1F. The third-order valence-electron chi connectivity index (χ3n) is 3.17. The average Bonchev–Trinajstić information content (AvgIpc) is 2.94. The van der Waals surface area contributed by atoms with Crippen molar-refractivity contribution in [2.24, 2.45) is 0 Å². The number of ether oxygens (including phenoxy) is 1. The minimum Gasteiger partial charge on any atom is -0.467 e. The zero-order valence-corrected chi connectivity index (χ0v) is 11.4. The van der Waals surface area contributed by atoms with Crippen LogP contribution in [0.5, 0.6) is 0 Å². The number of halogens is 3. The molecule has 112 valence electrons. The van der Waals surface area contributed by atoms with Crippen LogP contribution in [-0.2, 0) is 16.0 Å². The molecule has 0 amide bonds. The van der Waals surface area contributed by atoms with Crippen molar-refractivity contribution < 1.29 is 22.7 Å². The summed E-state index contributed by atoms with van der Waals surface area (Å²) in [6.45, 7) is 1.60. The molecule has 0 saturated heterocycles. The summed E-state index contributed by atoms with van der Waals surface area (Å²) in [6, 6.07) is 1.35. The Morgan fingerprint density at radius 3 is 2.71 bits per heavy atom. The topological polar surface area (TPSA) is 44.1 Å². The molecule has 0 fully saturated rings. The molecular weight excluding hydrogens is 285 g/mol. The quantitative estimate of drug-likeness (QED) is 0.644. The summed E-state index contributed by atoms with van der Waals surface area (Å²) < 4.78 is 45.9. The van der Waals surface area contributed by atoms with Gasteiger partial charge in [-0.05, 0) is 18.6 Å². The fraction of sp³-hybridized carbons (Fsp3) is 0.286. The molecular formula is C14H13F3N2O2. The molecule has 1 heterocycles. The van der Waals surface area contributed by atoms with Gasteiger partial charge in [-0.1, -0.05) is 6.07 Å². The van der Waals surface area contributed by atoms with Gasteiger partial charge >= 0.3 is 5.97 Å². The van der Waals surface area contributed by atoms with Crippen LogP contribution in [0.15, 0.2) is 24.5 Å². The molecule has 7 heteroatoms. The lowest BCUT2D eigenvalue weighted by molar-refractivity contribution is -0.144. The van der Waals surface area contributed by atoms with Crippen molar-refractivity contribution in [1.29, 1.82) is 0 Å². The van der Waals surface area contributed by atoms with Crippen LogP contribution in [0.2, 0.25) is 0 Å². The van der Waals surface area contributed by atoms with Crippen LogP contribution in [0.25, 0.3) is 0 Å². The molecule has 1 atom stereocenters. The zero-order valence-electron chi connectivity index (χ0n) is 11.4. The summed E-state index contributed by atoms with van der Waals surface area (Å²) in [7, 11) is 1.25. The van der Waals surface area contributed by atoms with E-state index in [1.165, 1.54) is 24.1 Å². The molecule has 1 aromatic heterocycles. The van der Waals surface area contributed by atoms with Crippen molar-refractivity contribution in [1.82, 2.24) is 9.55 Å². The normalized spacial score (nSPS) is 12.2. The van der Waals surface area contributed by atoms with E-state index in [-0.39, 0.29) is 12.0 Å². The first kappa shape index (κ1) is 15.1. The number of benzene rings is 1. The Morgan fingerprint density at radius 2 is 2.05 bits per heavy atom. The molecule has 2 rings (SSSR count). The van der Waals surface area contributed by atoms with E-state index in [1.54, 1.807) is 6.92 Å². The van der Waals surface area contributed by atoms with Crippen molar-refractivity contribution in [2.75, 3.05) is 7.11 Å². The van der Waals surface area contributed by atoms with Gasteiger partial charge in [0.25, 0.3) is 0 Å². The van der Waals surface area contributed by atoms with Gasteiger partial charge in [0.05, 0.1) is 7.11 Å². The second-order valence-electron chi connectivity index (χ2n) is 4.46. The highest BCUT2D eigenvalue weighted by atomic mass is 19.2. The lowest BCUT2D eigenvalue weighted by Crippen LogP contribution is -2.19. The van der Waals surface area contributed by atoms with E-state index in [2.05, 4.69) is 9.72 Å². The number of rotatable bonds is 4. The van der Waals surface area contributed by atoms with E-state index in [0.717, 1.165) is 12.1 Å². The number of hydrogen-bond donors (Lipinski definition) is 0. The van der Waals surface area contributed by atoms with Crippen molar-refractivity contribution in [3.05, 3.63) is 53.4 Å². The van der Waals surface area contributed by atoms with Gasteiger partial charge < -0.3 is 9.30 Å². The molecule has 0 N–H and O–H groups in total. The van der Waals surface area contributed by atoms with Gasteiger partial charge in [-0.3, -0.25) is 0 Å². The van der Waals surface area contributed by atoms with E-state index < -0.39 is 29.5 Å². The third kappa shape index (κ3) is 2.91. The average molecular weight is 298 g/mol. The number of carbonyl (C=O) groups is 1. The largest absolute Gasteiger partial charge is 0.467 e. The number of hydrogen-bond acceptors (Lipinski definition) is 3. The summed E-state index contributed by atoms with van der Waals surface area (Å²) in [4.78, 5) is 15.5.